The zero-order chi connectivity index (χ0) is 12.0. The van der Waals surface area contributed by atoms with Crippen LogP contribution in [0, 0.1) is 0 Å². The van der Waals surface area contributed by atoms with Gasteiger partial charge >= 0.3 is 0 Å². The molecule has 0 atom stereocenters. The van der Waals surface area contributed by atoms with Gasteiger partial charge in [0.15, 0.2) is 9.84 Å². The molecule has 1 aromatic carbocycles. The highest BCUT2D eigenvalue weighted by Crippen LogP contribution is 2.18. The molecule has 88 valence electrons. The van der Waals surface area contributed by atoms with E-state index >= 15 is 0 Å². The van der Waals surface area contributed by atoms with Crippen LogP contribution in [0.3, 0.4) is 0 Å². The SMILES string of the molecule is CCS(=O)(=O)CCSc1ccc(C=O)cc1. The molecule has 0 heterocycles. The summed E-state index contributed by atoms with van der Waals surface area (Å²) < 4.78 is 22.5. The Bertz CT molecular complexity index is 435. The van der Waals surface area contributed by atoms with Crippen molar-refractivity contribution in [3.63, 3.8) is 0 Å². The first kappa shape index (κ1) is 13.3. The van der Waals surface area contributed by atoms with Crippen LogP contribution >= 0.6 is 11.8 Å². The lowest BCUT2D eigenvalue weighted by Gasteiger charge is -2.02. The van der Waals surface area contributed by atoms with Gasteiger partial charge < -0.3 is 0 Å². The molecule has 0 aromatic heterocycles. The van der Waals surface area contributed by atoms with Crippen LogP contribution in [0.4, 0.5) is 0 Å². The van der Waals surface area contributed by atoms with Gasteiger partial charge in [0, 0.05) is 22.0 Å². The molecule has 16 heavy (non-hydrogen) atoms. The van der Waals surface area contributed by atoms with Gasteiger partial charge in [0.1, 0.15) is 6.29 Å². The summed E-state index contributed by atoms with van der Waals surface area (Å²) in [5.41, 5.74) is 0.630. The molecule has 0 bridgehead atoms. The average molecular weight is 258 g/mol. The summed E-state index contributed by atoms with van der Waals surface area (Å²) in [7, 11) is -2.88. The molecular formula is C11H14O3S2. The average Bonchev–Trinajstić information content (AvgIpc) is 2.30. The van der Waals surface area contributed by atoms with Crippen molar-refractivity contribution in [3.8, 4) is 0 Å². The molecule has 0 aliphatic rings. The van der Waals surface area contributed by atoms with E-state index in [0.29, 0.717) is 11.3 Å². The Balaban J connectivity index is 2.46. The maximum Gasteiger partial charge on any atom is 0.150 e. The van der Waals surface area contributed by atoms with Crippen LogP contribution in [0.25, 0.3) is 0 Å². The maximum absolute atomic E-state index is 11.2. The Morgan fingerprint density at radius 1 is 1.25 bits per heavy atom. The van der Waals surface area contributed by atoms with E-state index in [0.717, 1.165) is 11.2 Å². The Morgan fingerprint density at radius 2 is 1.88 bits per heavy atom. The number of carbonyl (C=O) groups excluding carboxylic acids is 1. The lowest BCUT2D eigenvalue weighted by Crippen LogP contribution is -2.10. The summed E-state index contributed by atoms with van der Waals surface area (Å²) in [5, 5.41) is 0. The number of aldehydes is 1. The van der Waals surface area contributed by atoms with Crippen LogP contribution in [-0.2, 0) is 9.84 Å². The van der Waals surface area contributed by atoms with Crippen molar-refractivity contribution >= 4 is 27.9 Å². The third kappa shape index (κ3) is 4.37. The second kappa shape index (κ2) is 6.06. The highest BCUT2D eigenvalue weighted by molar-refractivity contribution is 8.00. The Morgan fingerprint density at radius 3 is 2.38 bits per heavy atom. The molecule has 0 fully saturated rings. The molecule has 3 nitrogen and oxygen atoms in total. The second-order valence-electron chi connectivity index (χ2n) is 3.27. The maximum atomic E-state index is 11.2. The molecule has 0 saturated carbocycles. The van der Waals surface area contributed by atoms with E-state index in [-0.39, 0.29) is 11.5 Å². The quantitative estimate of drug-likeness (QED) is 0.578. The number of benzene rings is 1. The van der Waals surface area contributed by atoms with Crippen LogP contribution in [0.2, 0.25) is 0 Å². The lowest BCUT2D eigenvalue weighted by atomic mass is 10.2. The number of hydrogen-bond acceptors (Lipinski definition) is 4. The molecule has 0 saturated heterocycles. The standard InChI is InChI=1S/C11H14O3S2/c1-2-16(13,14)8-7-15-11-5-3-10(9-12)4-6-11/h3-6,9H,2,7-8H2,1H3. The fourth-order valence-corrected chi connectivity index (χ4v) is 3.28. The van der Waals surface area contributed by atoms with Crippen LogP contribution in [0.1, 0.15) is 17.3 Å². The van der Waals surface area contributed by atoms with E-state index in [1.165, 1.54) is 11.8 Å². The van der Waals surface area contributed by atoms with Crippen LogP contribution in [0.15, 0.2) is 29.2 Å². The summed E-state index contributed by atoms with van der Waals surface area (Å²) in [6.45, 7) is 1.65. The van der Waals surface area contributed by atoms with Gasteiger partial charge in [-0.3, -0.25) is 4.79 Å². The second-order valence-corrected chi connectivity index (χ2v) is 6.91. The minimum atomic E-state index is -2.88. The fourth-order valence-electron chi connectivity index (χ4n) is 1.07. The van der Waals surface area contributed by atoms with Crippen LogP contribution in [-0.4, -0.2) is 32.0 Å². The first-order valence-electron chi connectivity index (χ1n) is 4.96. The molecule has 5 heteroatoms. The summed E-state index contributed by atoms with van der Waals surface area (Å²) in [4.78, 5) is 11.4. The molecule has 0 unspecified atom stereocenters. The Kier molecular flexibility index (Phi) is 5.02. The monoisotopic (exact) mass is 258 g/mol. The van der Waals surface area contributed by atoms with E-state index < -0.39 is 9.84 Å². The van der Waals surface area contributed by atoms with Crippen molar-refractivity contribution in [1.82, 2.24) is 0 Å². The third-order valence-corrected chi connectivity index (χ3v) is 5.10. The zero-order valence-corrected chi connectivity index (χ0v) is 10.7. The first-order chi connectivity index (χ1) is 7.57. The Labute approximate surface area is 100 Å². The van der Waals surface area contributed by atoms with E-state index in [4.69, 9.17) is 0 Å². The number of carbonyl (C=O) groups is 1. The lowest BCUT2D eigenvalue weighted by molar-refractivity contribution is 0.112. The highest BCUT2D eigenvalue weighted by atomic mass is 32.2. The zero-order valence-electron chi connectivity index (χ0n) is 9.05. The van der Waals surface area contributed by atoms with Gasteiger partial charge in [-0.05, 0) is 12.1 Å². The van der Waals surface area contributed by atoms with Crippen molar-refractivity contribution in [3.05, 3.63) is 29.8 Å². The molecule has 0 aliphatic heterocycles. The summed E-state index contributed by atoms with van der Waals surface area (Å²) >= 11 is 1.49. The Hall–Kier alpha value is -0.810. The van der Waals surface area contributed by atoms with Crippen molar-refractivity contribution in [2.75, 3.05) is 17.3 Å². The van der Waals surface area contributed by atoms with Gasteiger partial charge in [-0.1, -0.05) is 19.1 Å². The largest absolute Gasteiger partial charge is 0.298 e. The molecule has 1 aromatic rings. The van der Waals surface area contributed by atoms with Gasteiger partial charge in [-0.2, -0.15) is 0 Å². The molecule has 0 amide bonds. The van der Waals surface area contributed by atoms with Gasteiger partial charge in [-0.25, -0.2) is 8.42 Å². The molecular weight excluding hydrogens is 244 g/mol. The summed E-state index contributed by atoms with van der Waals surface area (Å²) in [6.07, 6.45) is 0.788. The number of thioether (sulfide) groups is 1. The number of rotatable bonds is 6. The molecule has 0 N–H and O–H groups in total. The number of hydrogen-bond donors (Lipinski definition) is 0. The molecule has 0 aliphatic carbocycles. The normalized spacial score (nSPS) is 11.3. The van der Waals surface area contributed by atoms with Gasteiger partial charge in [0.2, 0.25) is 0 Å². The third-order valence-electron chi connectivity index (χ3n) is 2.12. The van der Waals surface area contributed by atoms with E-state index in [2.05, 4.69) is 0 Å². The fraction of sp³-hybridized carbons (Fsp3) is 0.364. The van der Waals surface area contributed by atoms with Crippen molar-refractivity contribution in [1.29, 1.82) is 0 Å². The molecule has 1 rings (SSSR count). The molecule has 0 radical (unpaired) electrons. The topological polar surface area (TPSA) is 51.2 Å². The van der Waals surface area contributed by atoms with Crippen molar-refractivity contribution < 1.29 is 13.2 Å². The molecule has 0 spiro atoms. The van der Waals surface area contributed by atoms with E-state index in [1.807, 2.05) is 12.1 Å². The van der Waals surface area contributed by atoms with Gasteiger partial charge in [0.25, 0.3) is 0 Å². The van der Waals surface area contributed by atoms with Crippen LogP contribution in [0.5, 0.6) is 0 Å². The van der Waals surface area contributed by atoms with Crippen LogP contribution < -0.4 is 0 Å². The predicted octanol–water partition coefficient (Wildman–Crippen LogP) is 2.03. The van der Waals surface area contributed by atoms with Gasteiger partial charge in [0.05, 0.1) is 5.75 Å². The minimum Gasteiger partial charge on any atom is -0.298 e. The summed E-state index contributed by atoms with van der Waals surface area (Å²) in [5.74, 6) is 0.942. The highest BCUT2D eigenvalue weighted by Gasteiger charge is 2.06. The summed E-state index contributed by atoms with van der Waals surface area (Å²) in [6, 6.07) is 7.10. The van der Waals surface area contributed by atoms with E-state index in [9.17, 15) is 13.2 Å². The van der Waals surface area contributed by atoms with Crippen molar-refractivity contribution in [2.24, 2.45) is 0 Å². The van der Waals surface area contributed by atoms with Crippen molar-refractivity contribution in [2.45, 2.75) is 11.8 Å². The van der Waals surface area contributed by atoms with E-state index in [1.54, 1.807) is 19.1 Å². The van der Waals surface area contributed by atoms with Gasteiger partial charge in [-0.15, -0.1) is 11.8 Å². The smallest absolute Gasteiger partial charge is 0.150 e. The predicted molar refractivity (Wildman–Crippen MR) is 66.9 cm³/mol. The first-order valence-corrected chi connectivity index (χ1v) is 7.76. The minimum absolute atomic E-state index is 0.192. The number of sulfone groups is 1.